The molecule has 1 amide bonds. The zero-order chi connectivity index (χ0) is 13.8. The fraction of sp³-hybridized carbons (Fsp3) is 0.533. The Labute approximate surface area is 119 Å². The number of hydrogen-bond donors (Lipinski definition) is 1. The van der Waals surface area contributed by atoms with Gasteiger partial charge in [0.25, 0.3) is 5.91 Å². The molecule has 0 spiro atoms. The molecule has 0 aliphatic heterocycles. The molecule has 0 radical (unpaired) electrons. The molecule has 1 N–H and O–H groups in total. The highest BCUT2D eigenvalue weighted by Crippen LogP contribution is 2.24. The van der Waals surface area contributed by atoms with Crippen LogP contribution >= 0.6 is 11.6 Å². The molecule has 0 unspecified atom stereocenters. The highest BCUT2D eigenvalue weighted by atomic mass is 35.5. The lowest BCUT2D eigenvalue weighted by Gasteiger charge is -2.26. The molecule has 4 heteroatoms. The second-order valence-electron chi connectivity index (χ2n) is 5.13. The second-order valence-corrected chi connectivity index (χ2v) is 5.74. The zero-order valence-corrected chi connectivity index (χ0v) is 12.2. The van der Waals surface area contributed by atoms with Crippen molar-refractivity contribution in [2.24, 2.45) is 0 Å². The van der Waals surface area contributed by atoms with Crippen molar-refractivity contribution in [1.29, 1.82) is 0 Å². The molecule has 1 saturated carbocycles. The summed E-state index contributed by atoms with van der Waals surface area (Å²) in [4.78, 5) is 12.3. The third-order valence-electron chi connectivity index (χ3n) is 3.59. The van der Waals surface area contributed by atoms with E-state index in [0.717, 1.165) is 31.2 Å². The number of methoxy groups -OCH3 is 1. The number of nitrogens with one attached hydrogen (secondary N) is 1. The molecular formula is C15H20ClNO2. The van der Waals surface area contributed by atoms with Gasteiger partial charge in [0.15, 0.2) is 0 Å². The minimum Gasteiger partial charge on any atom is -0.496 e. The van der Waals surface area contributed by atoms with Gasteiger partial charge in [0.05, 0.1) is 12.7 Å². The standard InChI is InChI=1S/C15H20ClNO2/c1-10-3-8-14(19-2)13(9-10)15(18)17-12-6-4-11(16)5-7-12/h3,8-9,11-12H,4-7H2,1-2H3,(H,17,18). The average Bonchev–Trinajstić information content (AvgIpc) is 2.41. The van der Waals surface area contributed by atoms with Gasteiger partial charge in [0.1, 0.15) is 5.75 Å². The lowest BCUT2D eigenvalue weighted by Crippen LogP contribution is -2.38. The Balaban J connectivity index is 2.05. The molecule has 1 aromatic carbocycles. The number of benzene rings is 1. The number of carbonyl (C=O) groups is 1. The molecule has 1 fully saturated rings. The van der Waals surface area contributed by atoms with Crippen molar-refractivity contribution in [2.75, 3.05) is 7.11 Å². The third-order valence-corrected chi connectivity index (χ3v) is 4.03. The minimum atomic E-state index is -0.0569. The van der Waals surface area contributed by atoms with Crippen molar-refractivity contribution in [2.45, 2.75) is 44.0 Å². The van der Waals surface area contributed by atoms with Gasteiger partial charge < -0.3 is 10.1 Å². The summed E-state index contributed by atoms with van der Waals surface area (Å²) >= 11 is 6.07. The Morgan fingerprint density at radius 3 is 2.63 bits per heavy atom. The van der Waals surface area contributed by atoms with Crippen molar-refractivity contribution < 1.29 is 9.53 Å². The van der Waals surface area contributed by atoms with E-state index < -0.39 is 0 Å². The maximum absolute atomic E-state index is 12.3. The molecule has 19 heavy (non-hydrogen) atoms. The highest BCUT2D eigenvalue weighted by Gasteiger charge is 2.22. The van der Waals surface area contributed by atoms with Crippen LogP contribution in [0.2, 0.25) is 0 Å². The van der Waals surface area contributed by atoms with Crippen molar-refractivity contribution >= 4 is 17.5 Å². The van der Waals surface area contributed by atoms with E-state index in [2.05, 4.69) is 5.32 Å². The van der Waals surface area contributed by atoms with E-state index in [4.69, 9.17) is 16.3 Å². The average molecular weight is 282 g/mol. The Bertz CT molecular complexity index is 453. The molecule has 1 aliphatic rings. The van der Waals surface area contributed by atoms with Crippen LogP contribution in [0.3, 0.4) is 0 Å². The van der Waals surface area contributed by atoms with E-state index in [1.54, 1.807) is 7.11 Å². The van der Waals surface area contributed by atoms with Crippen molar-refractivity contribution in [1.82, 2.24) is 5.32 Å². The molecule has 0 heterocycles. The Kier molecular flexibility index (Phi) is 4.70. The first-order valence-electron chi connectivity index (χ1n) is 6.69. The predicted molar refractivity (Wildman–Crippen MR) is 77.1 cm³/mol. The van der Waals surface area contributed by atoms with Gasteiger partial charge in [-0.15, -0.1) is 11.6 Å². The molecule has 0 atom stereocenters. The normalized spacial score (nSPS) is 22.9. The summed E-state index contributed by atoms with van der Waals surface area (Å²) in [5, 5.41) is 3.35. The summed E-state index contributed by atoms with van der Waals surface area (Å²) in [6.07, 6.45) is 3.84. The molecule has 2 rings (SSSR count). The quantitative estimate of drug-likeness (QED) is 0.864. The SMILES string of the molecule is COc1ccc(C)cc1C(=O)NC1CCC(Cl)CC1. The number of aryl methyl sites for hydroxylation is 1. The molecule has 3 nitrogen and oxygen atoms in total. The highest BCUT2D eigenvalue weighted by molar-refractivity contribution is 6.20. The number of carbonyl (C=O) groups excluding carboxylic acids is 1. The van der Waals surface area contributed by atoms with Gasteiger partial charge in [0, 0.05) is 11.4 Å². The summed E-state index contributed by atoms with van der Waals surface area (Å²) < 4.78 is 5.25. The molecule has 1 aromatic rings. The molecule has 0 aromatic heterocycles. The van der Waals surface area contributed by atoms with Crippen LogP contribution in [0.4, 0.5) is 0 Å². The largest absolute Gasteiger partial charge is 0.496 e. The molecule has 0 saturated heterocycles. The number of amides is 1. The summed E-state index contributed by atoms with van der Waals surface area (Å²) in [5.41, 5.74) is 1.66. The lowest BCUT2D eigenvalue weighted by molar-refractivity contribution is 0.0925. The summed E-state index contributed by atoms with van der Waals surface area (Å²) in [5.74, 6) is 0.563. The maximum Gasteiger partial charge on any atom is 0.255 e. The first-order valence-corrected chi connectivity index (χ1v) is 7.13. The lowest BCUT2D eigenvalue weighted by atomic mass is 9.94. The van der Waals surface area contributed by atoms with Crippen LogP contribution in [0, 0.1) is 6.92 Å². The number of ether oxygens (including phenoxy) is 1. The molecular weight excluding hydrogens is 262 g/mol. The van der Waals surface area contributed by atoms with E-state index >= 15 is 0 Å². The number of halogens is 1. The first kappa shape index (κ1) is 14.2. The summed E-state index contributed by atoms with van der Waals surface area (Å²) in [6.45, 7) is 1.97. The molecule has 0 bridgehead atoms. The fourth-order valence-corrected chi connectivity index (χ4v) is 2.71. The van der Waals surface area contributed by atoms with Crippen molar-refractivity contribution in [3.8, 4) is 5.75 Å². The van der Waals surface area contributed by atoms with Crippen LogP contribution in [-0.4, -0.2) is 24.4 Å². The summed E-state index contributed by atoms with van der Waals surface area (Å²) in [6, 6.07) is 5.86. The summed E-state index contributed by atoms with van der Waals surface area (Å²) in [7, 11) is 1.58. The monoisotopic (exact) mass is 281 g/mol. The van der Waals surface area contributed by atoms with Gasteiger partial charge in [-0.1, -0.05) is 11.6 Å². The van der Waals surface area contributed by atoms with Crippen LogP contribution in [0.1, 0.15) is 41.6 Å². The van der Waals surface area contributed by atoms with Gasteiger partial charge in [-0.05, 0) is 44.7 Å². The van der Waals surface area contributed by atoms with E-state index in [1.807, 2.05) is 25.1 Å². The van der Waals surface area contributed by atoms with Gasteiger partial charge in [-0.3, -0.25) is 4.79 Å². The van der Waals surface area contributed by atoms with Crippen LogP contribution in [0.25, 0.3) is 0 Å². The number of hydrogen-bond acceptors (Lipinski definition) is 2. The van der Waals surface area contributed by atoms with Gasteiger partial charge in [0.2, 0.25) is 0 Å². The minimum absolute atomic E-state index is 0.0569. The Morgan fingerprint density at radius 2 is 2.00 bits per heavy atom. The van der Waals surface area contributed by atoms with E-state index in [1.165, 1.54) is 0 Å². The van der Waals surface area contributed by atoms with Crippen LogP contribution in [-0.2, 0) is 0 Å². The molecule has 104 valence electrons. The Hall–Kier alpha value is -1.22. The predicted octanol–water partition coefficient (Wildman–Crippen LogP) is 3.28. The number of alkyl halides is 1. The second kappa shape index (κ2) is 6.29. The van der Waals surface area contributed by atoms with Crippen LogP contribution in [0.5, 0.6) is 5.75 Å². The van der Waals surface area contributed by atoms with Gasteiger partial charge >= 0.3 is 0 Å². The fourth-order valence-electron chi connectivity index (χ4n) is 2.46. The smallest absolute Gasteiger partial charge is 0.255 e. The van der Waals surface area contributed by atoms with E-state index in [-0.39, 0.29) is 17.3 Å². The third kappa shape index (κ3) is 3.63. The van der Waals surface area contributed by atoms with Crippen LogP contribution < -0.4 is 10.1 Å². The molecule has 1 aliphatic carbocycles. The van der Waals surface area contributed by atoms with Gasteiger partial charge in [-0.2, -0.15) is 0 Å². The first-order chi connectivity index (χ1) is 9.10. The van der Waals surface area contributed by atoms with Crippen molar-refractivity contribution in [3.05, 3.63) is 29.3 Å². The van der Waals surface area contributed by atoms with E-state index in [9.17, 15) is 4.79 Å². The van der Waals surface area contributed by atoms with Gasteiger partial charge in [-0.25, -0.2) is 0 Å². The zero-order valence-electron chi connectivity index (χ0n) is 11.4. The topological polar surface area (TPSA) is 38.3 Å². The van der Waals surface area contributed by atoms with E-state index in [0.29, 0.717) is 11.3 Å². The van der Waals surface area contributed by atoms with Crippen LogP contribution in [0.15, 0.2) is 18.2 Å². The maximum atomic E-state index is 12.3. The number of rotatable bonds is 3. The Morgan fingerprint density at radius 1 is 1.32 bits per heavy atom. The van der Waals surface area contributed by atoms with Crippen molar-refractivity contribution in [3.63, 3.8) is 0 Å².